The van der Waals surface area contributed by atoms with E-state index in [2.05, 4.69) is 14.7 Å². The SMILES string of the molecule is O=S(=O)(Nc1ncccn1)c1ccc2oc3ccccc3c2c1. The van der Waals surface area contributed by atoms with Crippen LogP contribution in [0.15, 0.2) is 70.2 Å². The zero-order valence-electron chi connectivity index (χ0n) is 11.8. The number of nitrogens with one attached hydrogen (secondary N) is 1. The van der Waals surface area contributed by atoms with Crippen molar-refractivity contribution in [1.82, 2.24) is 9.97 Å². The third-order valence-electron chi connectivity index (χ3n) is 3.45. The van der Waals surface area contributed by atoms with Gasteiger partial charge in [-0.2, -0.15) is 0 Å². The van der Waals surface area contributed by atoms with Crippen LogP contribution in [-0.2, 0) is 10.0 Å². The molecule has 0 saturated carbocycles. The Bertz CT molecular complexity index is 1110. The molecule has 2 heterocycles. The first-order chi connectivity index (χ1) is 11.1. The molecule has 6 nitrogen and oxygen atoms in total. The van der Waals surface area contributed by atoms with Crippen LogP contribution in [0.1, 0.15) is 0 Å². The summed E-state index contributed by atoms with van der Waals surface area (Å²) >= 11 is 0. The van der Waals surface area contributed by atoms with Crippen LogP contribution in [0.3, 0.4) is 0 Å². The maximum Gasteiger partial charge on any atom is 0.264 e. The molecular formula is C16H11N3O3S. The van der Waals surface area contributed by atoms with Crippen LogP contribution in [0.4, 0.5) is 5.95 Å². The van der Waals surface area contributed by atoms with Crippen molar-refractivity contribution >= 4 is 37.9 Å². The number of fused-ring (bicyclic) bond motifs is 3. The number of furan rings is 1. The summed E-state index contributed by atoms with van der Waals surface area (Å²) in [7, 11) is -3.77. The Morgan fingerprint density at radius 1 is 0.870 bits per heavy atom. The van der Waals surface area contributed by atoms with Gasteiger partial charge in [-0.25, -0.2) is 23.1 Å². The van der Waals surface area contributed by atoms with E-state index < -0.39 is 10.0 Å². The molecule has 23 heavy (non-hydrogen) atoms. The van der Waals surface area contributed by atoms with E-state index in [1.807, 2.05) is 24.3 Å². The zero-order chi connectivity index (χ0) is 15.9. The Morgan fingerprint density at radius 3 is 2.43 bits per heavy atom. The van der Waals surface area contributed by atoms with Gasteiger partial charge in [-0.15, -0.1) is 0 Å². The average Bonchev–Trinajstić information content (AvgIpc) is 2.93. The highest BCUT2D eigenvalue weighted by atomic mass is 32.2. The molecule has 0 bridgehead atoms. The topological polar surface area (TPSA) is 85.1 Å². The molecule has 0 aliphatic heterocycles. The quantitative estimate of drug-likeness (QED) is 0.625. The lowest BCUT2D eigenvalue weighted by Crippen LogP contribution is -2.14. The van der Waals surface area contributed by atoms with E-state index in [4.69, 9.17) is 4.42 Å². The zero-order valence-corrected chi connectivity index (χ0v) is 12.6. The number of rotatable bonds is 3. The summed E-state index contributed by atoms with van der Waals surface area (Å²) in [5, 5.41) is 1.62. The Balaban J connectivity index is 1.83. The molecule has 0 unspecified atom stereocenters. The lowest BCUT2D eigenvalue weighted by atomic mass is 10.1. The Kier molecular flexibility index (Phi) is 3.02. The number of hydrogen-bond donors (Lipinski definition) is 1. The first-order valence-corrected chi connectivity index (χ1v) is 8.33. The molecular weight excluding hydrogens is 314 g/mol. The lowest BCUT2D eigenvalue weighted by Gasteiger charge is -2.06. The van der Waals surface area contributed by atoms with E-state index >= 15 is 0 Å². The number of benzene rings is 2. The first kappa shape index (κ1) is 13.7. The van der Waals surface area contributed by atoms with Gasteiger partial charge in [0.1, 0.15) is 11.2 Å². The van der Waals surface area contributed by atoms with Crippen LogP contribution >= 0.6 is 0 Å². The minimum Gasteiger partial charge on any atom is -0.456 e. The molecule has 0 fully saturated rings. The molecule has 2 aromatic heterocycles. The van der Waals surface area contributed by atoms with Crippen molar-refractivity contribution in [2.24, 2.45) is 0 Å². The summed E-state index contributed by atoms with van der Waals surface area (Å²) in [6.07, 6.45) is 2.94. The Hall–Kier alpha value is -2.93. The van der Waals surface area contributed by atoms with Gasteiger partial charge in [-0.3, -0.25) is 0 Å². The van der Waals surface area contributed by atoms with E-state index in [9.17, 15) is 8.42 Å². The highest BCUT2D eigenvalue weighted by Gasteiger charge is 2.17. The monoisotopic (exact) mass is 325 g/mol. The number of hydrogen-bond acceptors (Lipinski definition) is 5. The second-order valence-electron chi connectivity index (χ2n) is 4.93. The summed E-state index contributed by atoms with van der Waals surface area (Å²) < 4.78 is 33.0. The molecule has 0 aliphatic rings. The van der Waals surface area contributed by atoms with Gasteiger partial charge in [0.05, 0.1) is 4.90 Å². The Morgan fingerprint density at radius 2 is 1.61 bits per heavy atom. The molecule has 114 valence electrons. The van der Waals surface area contributed by atoms with Crippen LogP contribution in [-0.4, -0.2) is 18.4 Å². The molecule has 4 rings (SSSR count). The van der Waals surface area contributed by atoms with Gasteiger partial charge in [0.2, 0.25) is 5.95 Å². The fourth-order valence-electron chi connectivity index (χ4n) is 2.40. The number of nitrogens with zero attached hydrogens (tertiary/aromatic N) is 2. The second-order valence-corrected chi connectivity index (χ2v) is 6.62. The smallest absolute Gasteiger partial charge is 0.264 e. The lowest BCUT2D eigenvalue weighted by molar-refractivity contribution is 0.601. The predicted octanol–water partition coefficient (Wildman–Crippen LogP) is 3.18. The summed E-state index contributed by atoms with van der Waals surface area (Å²) in [6, 6.07) is 13.8. The van der Waals surface area contributed by atoms with Crippen LogP contribution in [0.2, 0.25) is 0 Å². The summed E-state index contributed by atoms with van der Waals surface area (Å²) in [5.74, 6) is 0.0321. The molecule has 0 spiro atoms. The first-order valence-electron chi connectivity index (χ1n) is 6.85. The van der Waals surface area contributed by atoms with Crippen molar-refractivity contribution in [3.05, 3.63) is 60.9 Å². The fraction of sp³-hybridized carbons (Fsp3) is 0. The van der Waals surface area contributed by atoms with Crippen LogP contribution in [0, 0.1) is 0 Å². The number of anilines is 1. The maximum absolute atomic E-state index is 12.5. The number of sulfonamides is 1. The van der Waals surface area contributed by atoms with Gasteiger partial charge < -0.3 is 4.42 Å². The third-order valence-corrected chi connectivity index (χ3v) is 4.78. The molecule has 0 radical (unpaired) electrons. The Labute approximate surface area is 131 Å². The van der Waals surface area contributed by atoms with E-state index in [1.54, 1.807) is 18.2 Å². The van der Waals surface area contributed by atoms with Crippen LogP contribution in [0.5, 0.6) is 0 Å². The van der Waals surface area contributed by atoms with Crippen molar-refractivity contribution in [2.75, 3.05) is 4.72 Å². The van der Waals surface area contributed by atoms with Crippen molar-refractivity contribution in [1.29, 1.82) is 0 Å². The summed E-state index contributed by atoms with van der Waals surface area (Å²) in [4.78, 5) is 7.87. The summed E-state index contributed by atoms with van der Waals surface area (Å²) in [6.45, 7) is 0. The second kappa shape index (κ2) is 5.06. The van der Waals surface area contributed by atoms with Gasteiger partial charge in [-0.05, 0) is 30.3 Å². The van der Waals surface area contributed by atoms with Gasteiger partial charge in [0.25, 0.3) is 10.0 Å². The molecule has 0 atom stereocenters. The maximum atomic E-state index is 12.5. The standard InChI is InChI=1S/C16H11N3O3S/c20-23(21,19-16-17-8-3-9-18-16)11-6-7-15-13(10-11)12-4-1-2-5-14(12)22-15/h1-10H,(H,17,18,19). The van der Waals surface area contributed by atoms with Crippen molar-refractivity contribution < 1.29 is 12.8 Å². The molecule has 0 aliphatic carbocycles. The van der Waals surface area contributed by atoms with Crippen molar-refractivity contribution in [3.8, 4) is 0 Å². The molecule has 7 heteroatoms. The largest absolute Gasteiger partial charge is 0.456 e. The molecule has 4 aromatic rings. The highest BCUT2D eigenvalue weighted by molar-refractivity contribution is 7.92. The van der Waals surface area contributed by atoms with E-state index in [0.717, 1.165) is 16.4 Å². The predicted molar refractivity (Wildman–Crippen MR) is 86.6 cm³/mol. The van der Waals surface area contributed by atoms with E-state index in [1.165, 1.54) is 18.5 Å². The molecule has 1 N–H and O–H groups in total. The normalized spacial score (nSPS) is 11.8. The fourth-order valence-corrected chi connectivity index (χ4v) is 3.39. The molecule has 0 amide bonds. The number of aromatic nitrogens is 2. The minimum absolute atomic E-state index is 0.0321. The van der Waals surface area contributed by atoms with E-state index in [-0.39, 0.29) is 10.8 Å². The van der Waals surface area contributed by atoms with Gasteiger partial charge >= 0.3 is 0 Å². The highest BCUT2D eigenvalue weighted by Crippen LogP contribution is 2.30. The van der Waals surface area contributed by atoms with Gasteiger partial charge in [0, 0.05) is 23.2 Å². The van der Waals surface area contributed by atoms with Crippen molar-refractivity contribution in [3.63, 3.8) is 0 Å². The van der Waals surface area contributed by atoms with Gasteiger partial charge in [-0.1, -0.05) is 18.2 Å². The van der Waals surface area contributed by atoms with Crippen molar-refractivity contribution in [2.45, 2.75) is 4.90 Å². The van der Waals surface area contributed by atoms with Gasteiger partial charge in [0.15, 0.2) is 0 Å². The molecule has 0 saturated heterocycles. The van der Waals surface area contributed by atoms with Crippen LogP contribution < -0.4 is 4.72 Å². The molecule has 2 aromatic carbocycles. The average molecular weight is 325 g/mol. The van der Waals surface area contributed by atoms with E-state index in [0.29, 0.717) is 5.58 Å². The summed E-state index contributed by atoms with van der Waals surface area (Å²) in [5.41, 5.74) is 1.36. The third kappa shape index (κ3) is 2.40. The number of para-hydroxylation sites is 1. The minimum atomic E-state index is -3.77. The van der Waals surface area contributed by atoms with Crippen LogP contribution in [0.25, 0.3) is 21.9 Å².